The summed E-state index contributed by atoms with van der Waals surface area (Å²) < 4.78 is 37.4. The number of ether oxygens (including phenoxy) is 2. The molecule has 0 saturated heterocycles. The Hall–Kier alpha value is -2.63. The first-order valence-corrected chi connectivity index (χ1v) is 6.75. The van der Waals surface area contributed by atoms with Crippen LogP contribution in [0.15, 0.2) is 36.4 Å². The molecular formula is C16H13F2NO3. The summed E-state index contributed by atoms with van der Waals surface area (Å²) in [5, 5.41) is 2.55. The zero-order valence-corrected chi connectivity index (χ0v) is 11.6. The predicted octanol–water partition coefficient (Wildman–Crippen LogP) is 2.67. The van der Waals surface area contributed by atoms with Crippen molar-refractivity contribution in [2.45, 2.75) is 6.54 Å². The highest BCUT2D eigenvalue weighted by Crippen LogP contribution is 2.30. The lowest BCUT2D eigenvalue weighted by Gasteiger charge is -2.19. The molecule has 0 saturated carbocycles. The summed E-state index contributed by atoms with van der Waals surface area (Å²) in [6.07, 6.45) is 0. The van der Waals surface area contributed by atoms with Crippen molar-refractivity contribution >= 4 is 5.91 Å². The number of nitrogens with one attached hydrogen (secondary N) is 1. The number of amides is 1. The van der Waals surface area contributed by atoms with Crippen LogP contribution in [0, 0.1) is 11.6 Å². The number of hydrogen-bond acceptors (Lipinski definition) is 3. The molecule has 1 amide bonds. The van der Waals surface area contributed by atoms with Gasteiger partial charge >= 0.3 is 0 Å². The molecule has 114 valence electrons. The molecule has 0 spiro atoms. The lowest BCUT2D eigenvalue weighted by molar-refractivity contribution is 0.0946. The third-order valence-electron chi connectivity index (χ3n) is 3.23. The van der Waals surface area contributed by atoms with Crippen LogP contribution in [-0.2, 0) is 6.54 Å². The summed E-state index contributed by atoms with van der Waals surface area (Å²) in [4.78, 5) is 11.9. The van der Waals surface area contributed by atoms with E-state index in [0.717, 1.165) is 23.8 Å². The lowest BCUT2D eigenvalue weighted by Crippen LogP contribution is -2.24. The Morgan fingerprint density at radius 2 is 1.82 bits per heavy atom. The van der Waals surface area contributed by atoms with E-state index in [4.69, 9.17) is 9.47 Å². The fourth-order valence-corrected chi connectivity index (χ4v) is 2.15. The van der Waals surface area contributed by atoms with Gasteiger partial charge in [0.1, 0.15) is 24.8 Å². The molecule has 0 aromatic heterocycles. The molecule has 1 heterocycles. The van der Waals surface area contributed by atoms with Gasteiger partial charge in [-0.25, -0.2) is 8.78 Å². The van der Waals surface area contributed by atoms with Crippen molar-refractivity contribution in [3.63, 3.8) is 0 Å². The van der Waals surface area contributed by atoms with Gasteiger partial charge in [0.15, 0.2) is 11.5 Å². The van der Waals surface area contributed by atoms with Crippen molar-refractivity contribution in [2.75, 3.05) is 13.2 Å². The number of carbonyl (C=O) groups is 1. The van der Waals surface area contributed by atoms with Gasteiger partial charge in [0.2, 0.25) is 0 Å². The number of hydrogen-bond donors (Lipinski definition) is 1. The van der Waals surface area contributed by atoms with Crippen LogP contribution in [-0.4, -0.2) is 19.1 Å². The van der Waals surface area contributed by atoms with Gasteiger partial charge < -0.3 is 14.8 Å². The summed E-state index contributed by atoms with van der Waals surface area (Å²) in [6.45, 7) is 1.14. The van der Waals surface area contributed by atoms with Crippen LogP contribution >= 0.6 is 0 Å². The van der Waals surface area contributed by atoms with Crippen LogP contribution < -0.4 is 14.8 Å². The number of rotatable bonds is 3. The molecule has 0 unspecified atom stereocenters. The van der Waals surface area contributed by atoms with E-state index in [9.17, 15) is 13.6 Å². The van der Waals surface area contributed by atoms with E-state index in [0.29, 0.717) is 24.7 Å². The SMILES string of the molecule is O=C(NCc1ccc2c(c1)OCCO2)c1cc(F)ccc1F. The molecule has 0 atom stereocenters. The van der Waals surface area contributed by atoms with Gasteiger partial charge in [-0.1, -0.05) is 6.07 Å². The number of fused-ring (bicyclic) bond motifs is 1. The molecule has 0 radical (unpaired) electrons. The first kappa shape index (κ1) is 14.3. The average molecular weight is 305 g/mol. The minimum atomic E-state index is -0.763. The molecule has 1 aliphatic heterocycles. The second-order valence-electron chi connectivity index (χ2n) is 4.78. The van der Waals surface area contributed by atoms with Gasteiger partial charge in [0.25, 0.3) is 5.91 Å². The Morgan fingerprint density at radius 1 is 1.05 bits per heavy atom. The molecule has 22 heavy (non-hydrogen) atoms. The van der Waals surface area contributed by atoms with Crippen LogP contribution in [0.3, 0.4) is 0 Å². The highest BCUT2D eigenvalue weighted by Gasteiger charge is 2.14. The number of halogens is 2. The van der Waals surface area contributed by atoms with Gasteiger partial charge in [0, 0.05) is 6.54 Å². The van der Waals surface area contributed by atoms with Gasteiger partial charge in [0.05, 0.1) is 5.56 Å². The van der Waals surface area contributed by atoms with Crippen molar-refractivity contribution in [1.29, 1.82) is 0 Å². The predicted molar refractivity (Wildman–Crippen MR) is 75.0 cm³/mol. The Kier molecular flexibility index (Phi) is 3.91. The van der Waals surface area contributed by atoms with Crippen LogP contribution in [0.4, 0.5) is 8.78 Å². The molecule has 1 aliphatic rings. The van der Waals surface area contributed by atoms with Gasteiger partial charge in [-0.2, -0.15) is 0 Å². The minimum absolute atomic E-state index is 0.172. The smallest absolute Gasteiger partial charge is 0.254 e. The number of benzene rings is 2. The highest BCUT2D eigenvalue weighted by molar-refractivity contribution is 5.94. The van der Waals surface area contributed by atoms with Gasteiger partial charge in [-0.3, -0.25) is 4.79 Å². The topological polar surface area (TPSA) is 47.6 Å². The monoisotopic (exact) mass is 305 g/mol. The summed E-state index contributed by atoms with van der Waals surface area (Å²) in [5.41, 5.74) is 0.451. The second-order valence-corrected chi connectivity index (χ2v) is 4.78. The van der Waals surface area contributed by atoms with Crippen molar-refractivity contribution in [3.8, 4) is 11.5 Å². The quantitative estimate of drug-likeness (QED) is 0.948. The van der Waals surface area contributed by atoms with E-state index in [1.165, 1.54) is 0 Å². The zero-order chi connectivity index (χ0) is 15.5. The highest BCUT2D eigenvalue weighted by atomic mass is 19.1. The van der Waals surface area contributed by atoms with E-state index >= 15 is 0 Å². The van der Waals surface area contributed by atoms with Crippen molar-refractivity contribution in [1.82, 2.24) is 5.32 Å². The molecule has 2 aromatic carbocycles. The van der Waals surface area contributed by atoms with Crippen LogP contribution in [0.5, 0.6) is 11.5 Å². The largest absolute Gasteiger partial charge is 0.486 e. The molecule has 6 heteroatoms. The third kappa shape index (κ3) is 3.00. The van der Waals surface area contributed by atoms with E-state index in [1.807, 2.05) is 0 Å². The first-order chi connectivity index (χ1) is 10.6. The Balaban J connectivity index is 1.69. The fourth-order valence-electron chi connectivity index (χ4n) is 2.15. The third-order valence-corrected chi connectivity index (χ3v) is 3.23. The molecule has 3 rings (SSSR count). The zero-order valence-electron chi connectivity index (χ0n) is 11.6. The standard InChI is InChI=1S/C16H13F2NO3/c17-11-2-3-13(18)12(8-11)16(20)19-9-10-1-4-14-15(7-10)22-6-5-21-14/h1-4,7-8H,5-6,9H2,(H,19,20). The van der Waals surface area contributed by atoms with Crippen LogP contribution in [0.1, 0.15) is 15.9 Å². The summed E-state index contributed by atoms with van der Waals surface area (Å²) >= 11 is 0. The Labute approximate surface area is 125 Å². The number of carbonyl (C=O) groups excluding carboxylic acids is 1. The molecular weight excluding hydrogens is 292 g/mol. The van der Waals surface area contributed by atoms with Crippen molar-refractivity contribution in [3.05, 3.63) is 59.2 Å². The Morgan fingerprint density at radius 3 is 2.64 bits per heavy atom. The van der Waals surface area contributed by atoms with E-state index < -0.39 is 17.5 Å². The summed E-state index contributed by atoms with van der Waals surface area (Å²) in [5.74, 6) is -0.841. The molecule has 0 aliphatic carbocycles. The maximum Gasteiger partial charge on any atom is 0.254 e. The van der Waals surface area contributed by atoms with Crippen molar-refractivity contribution in [2.24, 2.45) is 0 Å². The molecule has 1 N–H and O–H groups in total. The van der Waals surface area contributed by atoms with Crippen molar-refractivity contribution < 1.29 is 23.0 Å². The van der Waals surface area contributed by atoms with E-state index in [-0.39, 0.29) is 12.1 Å². The van der Waals surface area contributed by atoms with E-state index in [2.05, 4.69) is 5.32 Å². The van der Waals surface area contributed by atoms with Gasteiger partial charge in [-0.15, -0.1) is 0 Å². The average Bonchev–Trinajstić information content (AvgIpc) is 2.54. The second kappa shape index (κ2) is 6.01. The molecule has 2 aromatic rings. The van der Waals surface area contributed by atoms with E-state index in [1.54, 1.807) is 18.2 Å². The normalized spacial score (nSPS) is 12.8. The summed E-state index contributed by atoms with van der Waals surface area (Å²) in [6, 6.07) is 8.03. The first-order valence-electron chi connectivity index (χ1n) is 6.75. The van der Waals surface area contributed by atoms with Crippen LogP contribution in [0.2, 0.25) is 0 Å². The lowest BCUT2D eigenvalue weighted by atomic mass is 10.1. The van der Waals surface area contributed by atoms with Crippen LogP contribution in [0.25, 0.3) is 0 Å². The molecule has 0 fully saturated rings. The molecule has 0 bridgehead atoms. The summed E-state index contributed by atoms with van der Waals surface area (Å²) in [7, 11) is 0. The maximum absolute atomic E-state index is 13.5. The maximum atomic E-state index is 13.5. The molecule has 4 nitrogen and oxygen atoms in total. The minimum Gasteiger partial charge on any atom is -0.486 e. The fraction of sp³-hybridized carbons (Fsp3) is 0.188. The Bertz CT molecular complexity index is 719. The van der Waals surface area contributed by atoms with Gasteiger partial charge in [-0.05, 0) is 35.9 Å².